The number of hydrogen-bond donors (Lipinski definition) is 2. The fraction of sp³-hybridized carbons (Fsp3) is 0.480. The van der Waals surface area contributed by atoms with Crippen LogP contribution in [0.4, 0.5) is 0 Å². The highest BCUT2D eigenvalue weighted by molar-refractivity contribution is 5.82. The SMILES string of the molecule is CCN1[C@@H]2c3ccc(C4=CCCC4)c(=O)n3C[C@@H]2[C@@H](CO)[C@@H]1C(=O)NCc1ccccn1. The van der Waals surface area contributed by atoms with E-state index in [9.17, 15) is 14.7 Å². The molecule has 7 nitrogen and oxygen atoms in total. The number of aliphatic hydroxyl groups is 1. The van der Waals surface area contributed by atoms with Crippen LogP contribution in [-0.2, 0) is 17.9 Å². The van der Waals surface area contributed by atoms with E-state index in [1.807, 2.05) is 35.8 Å². The van der Waals surface area contributed by atoms with Gasteiger partial charge in [0.05, 0.1) is 24.3 Å². The summed E-state index contributed by atoms with van der Waals surface area (Å²) >= 11 is 0. The molecule has 5 rings (SSSR count). The highest BCUT2D eigenvalue weighted by atomic mass is 16.3. The van der Waals surface area contributed by atoms with Gasteiger partial charge < -0.3 is 15.0 Å². The molecule has 168 valence electrons. The van der Waals surface area contributed by atoms with E-state index >= 15 is 0 Å². The van der Waals surface area contributed by atoms with Gasteiger partial charge in [-0.2, -0.15) is 0 Å². The van der Waals surface area contributed by atoms with E-state index in [1.165, 1.54) is 0 Å². The highest BCUT2D eigenvalue weighted by Gasteiger charge is 2.55. The van der Waals surface area contributed by atoms with Crippen molar-refractivity contribution in [3.8, 4) is 0 Å². The number of likely N-dealkylation sites (N-methyl/N-ethyl adjacent to an activating group) is 1. The van der Waals surface area contributed by atoms with Gasteiger partial charge in [0.1, 0.15) is 0 Å². The molecule has 2 aliphatic heterocycles. The fourth-order valence-electron chi connectivity index (χ4n) is 5.93. The zero-order valence-electron chi connectivity index (χ0n) is 18.4. The molecule has 1 fully saturated rings. The molecule has 1 saturated heterocycles. The van der Waals surface area contributed by atoms with Crippen LogP contribution >= 0.6 is 0 Å². The Labute approximate surface area is 187 Å². The number of carbonyl (C=O) groups excluding carboxylic acids is 1. The first-order valence-electron chi connectivity index (χ1n) is 11.6. The average Bonchev–Trinajstić information content (AvgIpc) is 3.53. The Balaban J connectivity index is 1.43. The summed E-state index contributed by atoms with van der Waals surface area (Å²) < 4.78 is 1.89. The topological polar surface area (TPSA) is 87.5 Å². The van der Waals surface area contributed by atoms with Crippen molar-refractivity contribution in [1.29, 1.82) is 0 Å². The molecule has 4 atom stereocenters. The maximum atomic E-state index is 13.3. The molecule has 2 aromatic rings. The largest absolute Gasteiger partial charge is 0.396 e. The lowest BCUT2D eigenvalue weighted by molar-refractivity contribution is -0.127. The first-order chi connectivity index (χ1) is 15.6. The lowest BCUT2D eigenvalue weighted by Gasteiger charge is -2.29. The van der Waals surface area contributed by atoms with Gasteiger partial charge in [0.25, 0.3) is 5.56 Å². The van der Waals surface area contributed by atoms with E-state index in [4.69, 9.17) is 0 Å². The molecule has 7 heteroatoms. The van der Waals surface area contributed by atoms with Crippen molar-refractivity contribution in [2.45, 2.75) is 51.4 Å². The predicted molar refractivity (Wildman–Crippen MR) is 122 cm³/mol. The van der Waals surface area contributed by atoms with Gasteiger partial charge in [0.15, 0.2) is 0 Å². The van der Waals surface area contributed by atoms with Crippen LogP contribution in [0.15, 0.2) is 47.4 Å². The van der Waals surface area contributed by atoms with Gasteiger partial charge in [0.2, 0.25) is 5.91 Å². The number of rotatable bonds is 6. The van der Waals surface area contributed by atoms with Crippen LogP contribution in [-0.4, -0.2) is 44.7 Å². The lowest BCUT2D eigenvalue weighted by Crippen LogP contribution is -2.48. The Hall–Kier alpha value is -2.77. The van der Waals surface area contributed by atoms with Crippen molar-refractivity contribution in [2.24, 2.45) is 11.8 Å². The highest BCUT2D eigenvalue weighted by Crippen LogP contribution is 2.49. The molecular formula is C25H30N4O3. The summed E-state index contributed by atoms with van der Waals surface area (Å²) in [4.78, 5) is 33.0. The molecule has 4 heterocycles. The van der Waals surface area contributed by atoms with Crippen LogP contribution in [0.1, 0.15) is 49.2 Å². The molecule has 0 aromatic carbocycles. The number of aliphatic hydroxyl groups excluding tert-OH is 1. The van der Waals surface area contributed by atoms with Crippen LogP contribution in [0.25, 0.3) is 5.57 Å². The third-order valence-corrected chi connectivity index (χ3v) is 7.38. The van der Waals surface area contributed by atoms with E-state index in [0.717, 1.165) is 41.8 Å². The number of pyridine rings is 2. The number of carbonyl (C=O) groups is 1. The van der Waals surface area contributed by atoms with Gasteiger partial charge in [-0.25, -0.2) is 0 Å². The number of fused-ring (bicyclic) bond motifs is 3. The van der Waals surface area contributed by atoms with Gasteiger partial charge in [-0.1, -0.05) is 19.1 Å². The second-order valence-electron chi connectivity index (χ2n) is 8.98. The first-order valence-corrected chi connectivity index (χ1v) is 11.6. The number of allylic oxidation sites excluding steroid dienone is 2. The van der Waals surface area contributed by atoms with Crippen LogP contribution in [0.2, 0.25) is 0 Å². The number of aromatic nitrogens is 2. The predicted octanol–water partition coefficient (Wildman–Crippen LogP) is 2.11. The Kier molecular flexibility index (Phi) is 5.69. The summed E-state index contributed by atoms with van der Waals surface area (Å²) in [6.45, 7) is 3.52. The summed E-state index contributed by atoms with van der Waals surface area (Å²) in [6.07, 6.45) is 6.98. The van der Waals surface area contributed by atoms with Gasteiger partial charge in [-0.15, -0.1) is 0 Å². The molecule has 0 unspecified atom stereocenters. The first kappa shape index (κ1) is 21.1. The molecule has 0 spiro atoms. The van der Waals surface area contributed by atoms with E-state index in [1.54, 1.807) is 6.20 Å². The van der Waals surface area contributed by atoms with Gasteiger partial charge in [-0.3, -0.25) is 19.5 Å². The number of hydrogen-bond acceptors (Lipinski definition) is 5. The second kappa shape index (κ2) is 8.64. The van der Waals surface area contributed by atoms with Gasteiger partial charge >= 0.3 is 0 Å². The van der Waals surface area contributed by atoms with Crippen molar-refractivity contribution in [3.63, 3.8) is 0 Å². The Bertz CT molecular complexity index is 1090. The number of nitrogens with one attached hydrogen (secondary N) is 1. The van der Waals surface area contributed by atoms with Gasteiger partial charge in [-0.05, 0) is 55.6 Å². The molecule has 32 heavy (non-hydrogen) atoms. The smallest absolute Gasteiger partial charge is 0.258 e. The second-order valence-corrected chi connectivity index (χ2v) is 8.98. The van der Waals surface area contributed by atoms with E-state index in [0.29, 0.717) is 19.6 Å². The third-order valence-electron chi connectivity index (χ3n) is 7.38. The third kappa shape index (κ3) is 3.40. The minimum Gasteiger partial charge on any atom is -0.396 e. The summed E-state index contributed by atoms with van der Waals surface area (Å²) in [5.74, 6) is -0.282. The summed E-state index contributed by atoms with van der Waals surface area (Å²) in [6, 6.07) is 9.18. The molecule has 1 aliphatic carbocycles. The molecule has 3 aliphatic rings. The molecular weight excluding hydrogens is 404 g/mol. The van der Waals surface area contributed by atoms with E-state index in [-0.39, 0.29) is 36.0 Å². The molecule has 2 aromatic heterocycles. The van der Waals surface area contributed by atoms with Crippen LogP contribution in [0.5, 0.6) is 0 Å². The molecule has 0 radical (unpaired) electrons. The fourth-order valence-corrected chi connectivity index (χ4v) is 5.93. The number of likely N-dealkylation sites (tertiary alicyclic amines) is 1. The maximum absolute atomic E-state index is 13.3. The minimum atomic E-state index is -0.426. The number of nitrogens with zero attached hydrogens (tertiary/aromatic N) is 3. The Morgan fingerprint density at radius 2 is 2.16 bits per heavy atom. The molecule has 2 N–H and O–H groups in total. The summed E-state index contributed by atoms with van der Waals surface area (Å²) in [7, 11) is 0. The van der Waals surface area contributed by atoms with Crippen molar-refractivity contribution in [3.05, 3.63) is 69.9 Å². The summed E-state index contributed by atoms with van der Waals surface area (Å²) in [5.41, 5.74) is 3.78. The quantitative estimate of drug-likeness (QED) is 0.727. The van der Waals surface area contributed by atoms with Crippen LogP contribution < -0.4 is 10.9 Å². The summed E-state index contributed by atoms with van der Waals surface area (Å²) in [5, 5.41) is 13.3. The number of amides is 1. The van der Waals surface area contributed by atoms with Crippen molar-refractivity contribution in [1.82, 2.24) is 19.8 Å². The monoisotopic (exact) mass is 434 g/mol. The normalized spacial score (nSPS) is 26.6. The minimum absolute atomic E-state index is 0.0334. The Morgan fingerprint density at radius 3 is 2.84 bits per heavy atom. The van der Waals surface area contributed by atoms with Crippen LogP contribution in [0.3, 0.4) is 0 Å². The van der Waals surface area contributed by atoms with Crippen molar-refractivity contribution >= 4 is 11.5 Å². The molecule has 1 amide bonds. The molecule has 0 bridgehead atoms. The standard InChI is InChI=1S/C25H30N4O3/c1-2-28-22-19(14-29-21(22)11-10-18(25(29)32)16-7-3-4-8-16)20(15-30)23(28)24(31)27-13-17-9-5-6-12-26-17/h5-7,9-12,19-20,22-23,30H,2-4,8,13-15H2,1H3,(H,27,31)/t19-,20-,22+,23-/m1/s1. The zero-order chi connectivity index (χ0) is 22.2. The van der Waals surface area contributed by atoms with E-state index in [2.05, 4.69) is 27.3 Å². The van der Waals surface area contributed by atoms with E-state index < -0.39 is 6.04 Å². The maximum Gasteiger partial charge on any atom is 0.258 e. The van der Waals surface area contributed by atoms with Crippen molar-refractivity contribution in [2.75, 3.05) is 13.2 Å². The zero-order valence-corrected chi connectivity index (χ0v) is 18.4. The lowest BCUT2D eigenvalue weighted by atomic mass is 9.88. The Morgan fingerprint density at radius 1 is 1.28 bits per heavy atom. The van der Waals surface area contributed by atoms with Gasteiger partial charge in [0, 0.05) is 42.4 Å². The van der Waals surface area contributed by atoms with Crippen molar-refractivity contribution < 1.29 is 9.90 Å². The molecule has 0 saturated carbocycles. The van der Waals surface area contributed by atoms with Crippen LogP contribution in [0, 0.1) is 11.8 Å². The average molecular weight is 435 g/mol.